The van der Waals surface area contributed by atoms with Crippen LogP contribution in [0.5, 0.6) is 5.75 Å². The van der Waals surface area contributed by atoms with Crippen LogP contribution >= 0.6 is 34.8 Å². The quantitative estimate of drug-likeness (QED) is 0.304. The molecule has 3 aromatic rings. The topological polar surface area (TPSA) is 79.8 Å². The summed E-state index contributed by atoms with van der Waals surface area (Å²) in [7, 11) is 0. The second kappa shape index (κ2) is 11.2. The number of hydrogen-bond acceptors (Lipinski definition) is 4. The molecule has 0 saturated heterocycles. The van der Waals surface area contributed by atoms with Crippen LogP contribution in [0.25, 0.3) is 0 Å². The predicted molar refractivity (Wildman–Crippen MR) is 133 cm³/mol. The molecular weight excluding hydrogens is 485 g/mol. The molecule has 0 unspecified atom stereocenters. The molecule has 2 N–H and O–H groups in total. The number of ether oxygens (including phenoxy) is 1. The Morgan fingerprint density at radius 3 is 2.27 bits per heavy atom. The summed E-state index contributed by atoms with van der Waals surface area (Å²) in [5.41, 5.74) is 6.12. The number of nitrogens with zero attached hydrogens (tertiary/aromatic N) is 1. The lowest BCUT2D eigenvalue weighted by molar-refractivity contribution is -0.118. The summed E-state index contributed by atoms with van der Waals surface area (Å²) >= 11 is 18.4. The molecule has 170 valence electrons. The van der Waals surface area contributed by atoms with Crippen LogP contribution < -0.4 is 15.5 Å². The van der Waals surface area contributed by atoms with Crippen LogP contribution in [0.1, 0.15) is 27.0 Å². The molecule has 0 aromatic heterocycles. The summed E-state index contributed by atoms with van der Waals surface area (Å²) in [6, 6.07) is 15.2. The molecule has 33 heavy (non-hydrogen) atoms. The van der Waals surface area contributed by atoms with Gasteiger partial charge in [-0.05, 0) is 67.4 Å². The SMILES string of the molecule is Cc1ccc(NC(=O)COc2c(Cl)cc(/C=N/NC(=O)c3ccc(Cl)cc3)cc2Cl)c(C)c1. The van der Waals surface area contributed by atoms with E-state index in [4.69, 9.17) is 39.5 Å². The van der Waals surface area contributed by atoms with Crippen molar-refractivity contribution in [1.82, 2.24) is 5.43 Å². The lowest BCUT2D eigenvalue weighted by Gasteiger charge is -2.12. The lowest BCUT2D eigenvalue weighted by atomic mass is 10.1. The molecule has 2 amide bonds. The van der Waals surface area contributed by atoms with Crippen LogP contribution in [-0.4, -0.2) is 24.6 Å². The highest BCUT2D eigenvalue weighted by molar-refractivity contribution is 6.37. The molecule has 6 nitrogen and oxygen atoms in total. The average Bonchev–Trinajstić information content (AvgIpc) is 2.75. The zero-order valence-corrected chi connectivity index (χ0v) is 20.1. The fraction of sp³-hybridized carbons (Fsp3) is 0.125. The third-order valence-electron chi connectivity index (χ3n) is 4.51. The number of carbonyl (C=O) groups excluding carboxylic acids is 2. The Kier molecular flexibility index (Phi) is 8.33. The van der Waals surface area contributed by atoms with Crippen LogP contribution in [0.3, 0.4) is 0 Å². The van der Waals surface area contributed by atoms with Crippen molar-refractivity contribution in [1.29, 1.82) is 0 Å². The van der Waals surface area contributed by atoms with Crippen molar-refractivity contribution in [2.75, 3.05) is 11.9 Å². The van der Waals surface area contributed by atoms with E-state index in [-0.39, 0.29) is 28.3 Å². The molecule has 0 aliphatic carbocycles. The van der Waals surface area contributed by atoms with Gasteiger partial charge in [-0.3, -0.25) is 9.59 Å². The Bertz CT molecular complexity index is 1190. The molecule has 0 radical (unpaired) electrons. The van der Waals surface area contributed by atoms with Gasteiger partial charge in [0.05, 0.1) is 16.3 Å². The maximum absolute atomic E-state index is 12.3. The Balaban J connectivity index is 1.58. The van der Waals surface area contributed by atoms with Crippen molar-refractivity contribution in [2.24, 2.45) is 5.10 Å². The summed E-state index contributed by atoms with van der Waals surface area (Å²) in [5, 5.41) is 7.64. The number of rotatable bonds is 7. The largest absolute Gasteiger partial charge is 0.481 e. The zero-order chi connectivity index (χ0) is 24.0. The number of halogens is 3. The molecular formula is C24H20Cl3N3O3. The van der Waals surface area contributed by atoms with Gasteiger partial charge in [-0.1, -0.05) is 52.5 Å². The zero-order valence-electron chi connectivity index (χ0n) is 17.8. The van der Waals surface area contributed by atoms with E-state index in [9.17, 15) is 9.59 Å². The van der Waals surface area contributed by atoms with Crippen molar-refractivity contribution in [3.8, 4) is 5.75 Å². The van der Waals surface area contributed by atoms with Crippen LogP contribution in [0.2, 0.25) is 15.1 Å². The average molecular weight is 505 g/mol. The van der Waals surface area contributed by atoms with E-state index >= 15 is 0 Å². The Hall–Kier alpha value is -3.06. The molecule has 0 atom stereocenters. The maximum Gasteiger partial charge on any atom is 0.271 e. The smallest absolute Gasteiger partial charge is 0.271 e. The Labute approximate surface area is 206 Å². The molecule has 3 rings (SSSR count). The second-order valence-corrected chi connectivity index (χ2v) is 8.43. The van der Waals surface area contributed by atoms with Crippen molar-refractivity contribution in [2.45, 2.75) is 13.8 Å². The molecule has 9 heteroatoms. The van der Waals surface area contributed by atoms with Gasteiger partial charge in [0.15, 0.2) is 12.4 Å². The number of hydrazone groups is 1. The fourth-order valence-electron chi connectivity index (χ4n) is 2.90. The van der Waals surface area contributed by atoms with E-state index in [1.54, 1.807) is 36.4 Å². The van der Waals surface area contributed by atoms with Gasteiger partial charge in [0.25, 0.3) is 11.8 Å². The number of aryl methyl sites for hydroxylation is 2. The van der Waals surface area contributed by atoms with Crippen LogP contribution in [0, 0.1) is 13.8 Å². The van der Waals surface area contributed by atoms with Crippen LogP contribution in [0.4, 0.5) is 5.69 Å². The molecule has 0 bridgehead atoms. The highest BCUT2D eigenvalue weighted by atomic mass is 35.5. The summed E-state index contributed by atoms with van der Waals surface area (Å²) in [4.78, 5) is 24.3. The molecule has 0 saturated carbocycles. The molecule has 3 aromatic carbocycles. The highest BCUT2D eigenvalue weighted by Crippen LogP contribution is 2.34. The number of carbonyl (C=O) groups is 2. The van der Waals surface area contributed by atoms with E-state index in [1.165, 1.54) is 6.21 Å². The number of nitrogens with one attached hydrogen (secondary N) is 2. The van der Waals surface area contributed by atoms with Gasteiger partial charge in [-0.25, -0.2) is 5.43 Å². The summed E-state index contributed by atoms with van der Waals surface area (Å²) in [6.07, 6.45) is 1.39. The minimum Gasteiger partial charge on any atom is -0.481 e. The van der Waals surface area contributed by atoms with Gasteiger partial charge in [0.2, 0.25) is 0 Å². The minimum absolute atomic E-state index is 0.177. The van der Waals surface area contributed by atoms with Gasteiger partial charge >= 0.3 is 0 Å². The van der Waals surface area contributed by atoms with Gasteiger partial charge < -0.3 is 10.1 Å². The monoisotopic (exact) mass is 503 g/mol. The first-order chi connectivity index (χ1) is 15.7. The second-order valence-electron chi connectivity index (χ2n) is 7.17. The summed E-state index contributed by atoms with van der Waals surface area (Å²) in [6.45, 7) is 3.63. The maximum atomic E-state index is 12.3. The first-order valence-electron chi connectivity index (χ1n) is 9.81. The standard InChI is InChI=1S/C24H20Cl3N3O3/c1-14-3-8-21(15(2)9-14)29-22(31)13-33-23-19(26)10-16(11-20(23)27)12-28-30-24(32)17-4-6-18(25)7-5-17/h3-12H,13H2,1-2H3,(H,29,31)(H,30,32)/b28-12+. The number of anilines is 1. The lowest BCUT2D eigenvalue weighted by Crippen LogP contribution is -2.21. The molecule has 0 fully saturated rings. The molecule has 0 aliphatic heterocycles. The first-order valence-corrected chi connectivity index (χ1v) is 10.9. The van der Waals surface area contributed by atoms with E-state index in [2.05, 4.69) is 15.8 Å². The van der Waals surface area contributed by atoms with Crippen LogP contribution in [-0.2, 0) is 4.79 Å². The van der Waals surface area contributed by atoms with E-state index < -0.39 is 5.91 Å². The van der Waals surface area contributed by atoms with Gasteiger partial charge in [-0.2, -0.15) is 5.10 Å². The van der Waals surface area contributed by atoms with Crippen molar-refractivity contribution in [3.63, 3.8) is 0 Å². The first kappa shape index (κ1) is 24.6. The predicted octanol–water partition coefficient (Wildman–Crippen LogP) is 6.05. The Morgan fingerprint density at radius 1 is 0.970 bits per heavy atom. The molecule has 0 aliphatic rings. The van der Waals surface area contributed by atoms with Crippen molar-refractivity contribution >= 4 is 58.5 Å². The van der Waals surface area contributed by atoms with Crippen molar-refractivity contribution < 1.29 is 14.3 Å². The van der Waals surface area contributed by atoms with E-state index in [0.29, 0.717) is 21.8 Å². The van der Waals surface area contributed by atoms with E-state index in [1.807, 2.05) is 32.0 Å². The summed E-state index contributed by atoms with van der Waals surface area (Å²) < 4.78 is 5.53. The molecule has 0 spiro atoms. The van der Waals surface area contributed by atoms with Gasteiger partial charge in [-0.15, -0.1) is 0 Å². The van der Waals surface area contributed by atoms with Crippen LogP contribution in [0.15, 0.2) is 59.7 Å². The summed E-state index contributed by atoms with van der Waals surface area (Å²) in [5.74, 6) is -0.559. The van der Waals surface area contributed by atoms with Gasteiger partial charge in [0, 0.05) is 16.3 Å². The third kappa shape index (κ3) is 6.96. The van der Waals surface area contributed by atoms with Crippen molar-refractivity contribution in [3.05, 3.63) is 91.9 Å². The number of amides is 2. The molecule has 0 heterocycles. The van der Waals surface area contributed by atoms with Gasteiger partial charge in [0.1, 0.15) is 0 Å². The van der Waals surface area contributed by atoms with E-state index in [0.717, 1.165) is 11.1 Å². The third-order valence-corrected chi connectivity index (χ3v) is 5.32. The number of hydrogen-bond donors (Lipinski definition) is 2. The highest BCUT2D eigenvalue weighted by Gasteiger charge is 2.13. The fourth-order valence-corrected chi connectivity index (χ4v) is 3.64. The normalized spacial score (nSPS) is 10.8. The minimum atomic E-state index is -0.394. The number of benzene rings is 3. The Morgan fingerprint density at radius 2 is 1.64 bits per heavy atom.